The monoisotopic (exact) mass is 197 g/mol. The molecule has 0 amide bonds. The second-order valence-corrected chi connectivity index (χ2v) is 4.38. The predicted octanol–water partition coefficient (Wildman–Crippen LogP) is 3.67. The Morgan fingerprint density at radius 3 is 2.87 bits per heavy atom. The van der Waals surface area contributed by atoms with Gasteiger partial charge in [0.2, 0.25) is 0 Å². The third-order valence-corrected chi connectivity index (χ3v) is 3.23. The summed E-state index contributed by atoms with van der Waals surface area (Å²) in [6, 6.07) is 8.87. The highest BCUT2D eigenvalue weighted by molar-refractivity contribution is 5.85. The summed E-state index contributed by atoms with van der Waals surface area (Å²) in [5.74, 6) is 0.737. The highest BCUT2D eigenvalue weighted by atomic mass is 14.7. The molecule has 1 aliphatic rings. The second-order valence-electron chi connectivity index (χ2n) is 4.38. The van der Waals surface area contributed by atoms with Crippen molar-refractivity contribution in [3.8, 4) is 0 Å². The minimum absolute atomic E-state index is 0.737. The molecule has 0 unspecified atom stereocenters. The van der Waals surface area contributed by atoms with E-state index in [4.69, 9.17) is 0 Å². The number of nitrogens with zero attached hydrogens (tertiary/aromatic N) is 1. The molecule has 0 spiro atoms. The summed E-state index contributed by atoms with van der Waals surface area (Å²) < 4.78 is 0. The lowest BCUT2D eigenvalue weighted by molar-refractivity contribution is 1.04. The maximum Gasteiger partial charge on any atom is 0.0512 e. The first-order valence-corrected chi connectivity index (χ1v) is 5.76. The van der Waals surface area contributed by atoms with Crippen LogP contribution < -0.4 is 0 Å². The summed E-state index contributed by atoms with van der Waals surface area (Å²) in [5.41, 5.74) is 2.74. The number of hydrogen-bond acceptors (Lipinski definition) is 1. The molecule has 1 saturated carbocycles. The Hall–Kier alpha value is -1.37. The molecule has 2 aromatic rings. The SMILES string of the molecule is CCc1ccc2ccnc(C3CC3)c2c1. The van der Waals surface area contributed by atoms with Crippen LogP contribution in [-0.4, -0.2) is 4.98 Å². The number of rotatable bonds is 2. The fourth-order valence-corrected chi connectivity index (χ4v) is 2.14. The van der Waals surface area contributed by atoms with Gasteiger partial charge in [0.05, 0.1) is 5.69 Å². The van der Waals surface area contributed by atoms with Gasteiger partial charge in [0, 0.05) is 17.5 Å². The van der Waals surface area contributed by atoms with Crippen LogP contribution in [0.1, 0.15) is 36.9 Å². The molecular formula is C14H15N. The molecule has 1 heterocycles. The second kappa shape index (κ2) is 3.34. The van der Waals surface area contributed by atoms with Crippen molar-refractivity contribution < 1.29 is 0 Å². The quantitative estimate of drug-likeness (QED) is 0.715. The van der Waals surface area contributed by atoms with Gasteiger partial charge in [-0.1, -0.05) is 19.1 Å². The van der Waals surface area contributed by atoms with Gasteiger partial charge in [0.25, 0.3) is 0 Å². The van der Waals surface area contributed by atoms with Gasteiger partial charge in [0.1, 0.15) is 0 Å². The number of pyridine rings is 1. The first-order chi connectivity index (χ1) is 7.38. The smallest absolute Gasteiger partial charge is 0.0512 e. The maximum atomic E-state index is 4.54. The summed E-state index contributed by atoms with van der Waals surface area (Å²) in [6.07, 6.45) is 5.70. The first-order valence-electron chi connectivity index (χ1n) is 5.76. The van der Waals surface area contributed by atoms with Gasteiger partial charge in [-0.25, -0.2) is 0 Å². The molecule has 3 rings (SSSR count). The largest absolute Gasteiger partial charge is 0.260 e. The Morgan fingerprint density at radius 2 is 2.13 bits per heavy atom. The fraction of sp³-hybridized carbons (Fsp3) is 0.357. The molecule has 1 nitrogen and oxygen atoms in total. The van der Waals surface area contributed by atoms with Crippen LogP contribution in [0.15, 0.2) is 30.5 Å². The molecular weight excluding hydrogens is 182 g/mol. The molecule has 1 aromatic carbocycles. The van der Waals surface area contributed by atoms with Crippen molar-refractivity contribution in [2.24, 2.45) is 0 Å². The zero-order chi connectivity index (χ0) is 10.3. The first kappa shape index (κ1) is 8.90. The van der Waals surface area contributed by atoms with Crippen molar-refractivity contribution in [3.63, 3.8) is 0 Å². The number of benzene rings is 1. The average Bonchev–Trinajstić information content (AvgIpc) is 3.11. The van der Waals surface area contributed by atoms with Crippen LogP contribution in [0, 0.1) is 0 Å². The van der Waals surface area contributed by atoms with E-state index in [1.54, 1.807) is 0 Å². The molecule has 1 aromatic heterocycles. The highest BCUT2D eigenvalue weighted by Gasteiger charge is 2.26. The van der Waals surface area contributed by atoms with Crippen molar-refractivity contribution in [2.45, 2.75) is 32.1 Å². The fourth-order valence-electron chi connectivity index (χ4n) is 2.14. The summed E-state index contributed by atoms with van der Waals surface area (Å²) >= 11 is 0. The molecule has 0 saturated heterocycles. The van der Waals surface area contributed by atoms with E-state index < -0.39 is 0 Å². The van der Waals surface area contributed by atoms with E-state index in [1.807, 2.05) is 6.20 Å². The molecule has 0 radical (unpaired) electrons. The molecule has 1 aliphatic carbocycles. The van der Waals surface area contributed by atoms with Crippen LogP contribution in [0.3, 0.4) is 0 Å². The van der Waals surface area contributed by atoms with Gasteiger partial charge >= 0.3 is 0 Å². The van der Waals surface area contributed by atoms with Crippen LogP contribution in [0.25, 0.3) is 10.8 Å². The lowest BCUT2D eigenvalue weighted by Crippen LogP contribution is -1.89. The number of hydrogen-bond donors (Lipinski definition) is 0. The molecule has 1 heteroatoms. The lowest BCUT2D eigenvalue weighted by atomic mass is 10.0. The molecule has 15 heavy (non-hydrogen) atoms. The van der Waals surface area contributed by atoms with E-state index >= 15 is 0 Å². The molecule has 0 bridgehead atoms. The van der Waals surface area contributed by atoms with E-state index in [2.05, 4.69) is 36.2 Å². The summed E-state index contributed by atoms with van der Waals surface area (Å²) in [6.45, 7) is 2.20. The Labute approximate surface area is 90.2 Å². The third kappa shape index (κ3) is 1.52. The molecule has 0 atom stereocenters. The molecule has 0 N–H and O–H groups in total. The Balaban J connectivity index is 2.25. The molecule has 1 fully saturated rings. The maximum absolute atomic E-state index is 4.54. The number of aryl methyl sites for hydroxylation is 1. The van der Waals surface area contributed by atoms with Gasteiger partial charge in [0.15, 0.2) is 0 Å². The van der Waals surface area contributed by atoms with Crippen molar-refractivity contribution in [2.75, 3.05) is 0 Å². The van der Waals surface area contributed by atoms with Gasteiger partial charge < -0.3 is 0 Å². The normalized spacial score (nSPS) is 15.8. The van der Waals surface area contributed by atoms with Gasteiger partial charge in [-0.05, 0) is 42.3 Å². The van der Waals surface area contributed by atoms with E-state index in [-0.39, 0.29) is 0 Å². The third-order valence-electron chi connectivity index (χ3n) is 3.23. The molecule has 0 aliphatic heterocycles. The zero-order valence-electron chi connectivity index (χ0n) is 9.03. The van der Waals surface area contributed by atoms with Crippen molar-refractivity contribution in [3.05, 3.63) is 41.7 Å². The summed E-state index contributed by atoms with van der Waals surface area (Å²) in [4.78, 5) is 4.54. The van der Waals surface area contributed by atoms with Crippen LogP contribution in [0.5, 0.6) is 0 Å². The molecule has 76 valence electrons. The van der Waals surface area contributed by atoms with Gasteiger partial charge in [-0.2, -0.15) is 0 Å². The van der Waals surface area contributed by atoms with Gasteiger partial charge in [-0.3, -0.25) is 4.98 Å². The Morgan fingerprint density at radius 1 is 1.27 bits per heavy atom. The summed E-state index contributed by atoms with van der Waals surface area (Å²) in [5, 5.41) is 2.71. The Kier molecular flexibility index (Phi) is 1.98. The van der Waals surface area contributed by atoms with E-state index in [0.717, 1.165) is 12.3 Å². The number of aromatic nitrogens is 1. The zero-order valence-corrected chi connectivity index (χ0v) is 9.03. The van der Waals surface area contributed by atoms with Crippen molar-refractivity contribution in [1.82, 2.24) is 4.98 Å². The van der Waals surface area contributed by atoms with Crippen LogP contribution in [0.2, 0.25) is 0 Å². The minimum atomic E-state index is 0.737. The van der Waals surface area contributed by atoms with E-state index in [9.17, 15) is 0 Å². The summed E-state index contributed by atoms with van der Waals surface area (Å²) in [7, 11) is 0. The standard InChI is InChI=1S/C14H15N/c1-2-10-3-4-11-7-8-15-14(12-5-6-12)13(11)9-10/h3-4,7-9,12H,2,5-6H2,1H3. The number of fused-ring (bicyclic) bond motifs is 1. The average molecular weight is 197 g/mol. The van der Waals surface area contributed by atoms with E-state index in [1.165, 1.54) is 34.9 Å². The van der Waals surface area contributed by atoms with E-state index in [0.29, 0.717) is 0 Å². The minimum Gasteiger partial charge on any atom is -0.260 e. The van der Waals surface area contributed by atoms with Crippen molar-refractivity contribution in [1.29, 1.82) is 0 Å². The lowest BCUT2D eigenvalue weighted by Gasteiger charge is -2.05. The van der Waals surface area contributed by atoms with Crippen molar-refractivity contribution >= 4 is 10.8 Å². The Bertz CT molecular complexity index is 498. The van der Waals surface area contributed by atoms with Gasteiger partial charge in [-0.15, -0.1) is 0 Å². The van der Waals surface area contributed by atoms with Crippen LogP contribution >= 0.6 is 0 Å². The highest BCUT2D eigenvalue weighted by Crippen LogP contribution is 2.41. The predicted molar refractivity (Wildman–Crippen MR) is 63.1 cm³/mol. The topological polar surface area (TPSA) is 12.9 Å². The van der Waals surface area contributed by atoms with Crippen LogP contribution in [0.4, 0.5) is 0 Å². The van der Waals surface area contributed by atoms with Crippen LogP contribution in [-0.2, 0) is 6.42 Å².